The molecule has 6 nitrogen and oxygen atoms in total. The molecule has 158 valence electrons. The molecule has 0 aliphatic carbocycles. The van der Waals surface area contributed by atoms with E-state index in [0.717, 1.165) is 5.56 Å². The Labute approximate surface area is 187 Å². The molecule has 2 aromatic carbocycles. The number of nitrogens with zero attached hydrogens (tertiary/aromatic N) is 2. The highest BCUT2D eigenvalue weighted by molar-refractivity contribution is 7.98. The number of ether oxygens (including phenoxy) is 2. The van der Waals surface area contributed by atoms with Gasteiger partial charge in [0, 0.05) is 16.9 Å². The first-order valence-electron chi connectivity index (χ1n) is 9.47. The van der Waals surface area contributed by atoms with Crippen molar-refractivity contribution in [2.24, 2.45) is 0 Å². The highest BCUT2D eigenvalue weighted by Gasteiger charge is 2.16. The number of rotatable bonds is 7. The first kappa shape index (κ1) is 21.1. The third-order valence-electron chi connectivity index (χ3n) is 4.82. The minimum Gasteiger partial charge on any atom is -0.497 e. The molecule has 8 heteroatoms. The van der Waals surface area contributed by atoms with E-state index in [2.05, 4.69) is 0 Å². The van der Waals surface area contributed by atoms with Crippen molar-refractivity contribution in [2.45, 2.75) is 17.8 Å². The number of ketones is 1. The van der Waals surface area contributed by atoms with E-state index in [9.17, 15) is 9.59 Å². The molecular formula is C23H20N2O4S2. The van der Waals surface area contributed by atoms with Gasteiger partial charge < -0.3 is 9.47 Å². The van der Waals surface area contributed by atoms with Gasteiger partial charge in [-0.1, -0.05) is 11.8 Å². The van der Waals surface area contributed by atoms with Gasteiger partial charge in [-0.15, -0.1) is 11.3 Å². The van der Waals surface area contributed by atoms with Crippen LogP contribution in [-0.2, 0) is 5.75 Å². The van der Waals surface area contributed by atoms with Gasteiger partial charge in [0.2, 0.25) is 0 Å². The van der Waals surface area contributed by atoms with E-state index < -0.39 is 0 Å². The predicted molar refractivity (Wildman–Crippen MR) is 124 cm³/mol. The Morgan fingerprint density at radius 2 is 1.87 bits per heavy atom. The molecule has 2 aromatic heterocycles. The number of methoxy groups -OCH3 is 2. The van der Waals surface area contributed by atoms with Gasteiger partial charge in [-0.05, 0) is 60.8 Å². The zero-order valence-corrected chi connectivity index (χ0v) is 18.9. The number of carbonyl (C=O) groups is 1. The molecule has 0 aliphatic heterocycles. The maximum Gasteiger partial charge on any atom is 0.276 e. The quantitative estimate of drug-likeness (QED) is 0.224. The maximum atomic E-state index is 13.3. The lowest BCUT2D eigenvalue weighted by molar-refractivity contribution is 0.101. The van der Waals surface area contributed by atoms with Crippen molar-refractivity contribution in [2.75, 3.05) is 14.2 Å². The van der Waals surface area contributed by atoms with Gasteiger partial charge in [0.05, 0.1) is 25.4 Å². The standard InChI is InChI=1S/C23H20N2O4S2/c1-14(26)15-4-9-20(29-3)16(12-15)13-31-23-24-19-10-11-30-21(19)22(27)25(23)17-5-7-18(28-2)8-6-17/h4-12H,13H2,1-3H3. The molecule has 0 saturated heterocycles. The van der Waals surface area contributed by atoms with Crippen molar-refractivity contribution < 1.29 is 14.3 Å². The Morgan fingerprint density at radius 1 is 1.10 bits per heavy atom. The molecule has 2 heterocycles. The molecule has 0 radical (unpaired) electrons. The normalized spacial score (nSPS) is 10.9. The Bertz CT molecular complexity index is 1310. The molecular weight excluding hydrogens is 432 g/mol. The van der Waals surface area contributed by atoms with Crippen molar-refractivity contribution >= 4 is 39.1 Å². The molecule has 0 aliphatic rings. The van der Waals surface area contributed by atoms with Crippen LogP contribution in [0.5, 0.6) is 11.5 Å². The van der Waals surface area contributed by atoms with Gasteiger partial charge in [-0.2, -0.15) is 0 Å². The van der Waals surface area contributed by atoms with Gasteiger partial charge in [0.15, 0.2) is 10.9 Å². The molecule has 0 spiro atoms. The minimum atomic E-state index is -0.114. The van der Waals surface area contributed by atoms with Crippen molar-refractivity contribution in [3.8, 4) is 17.2 Å². The van der Waals surface area contributed by atoms with Crippen LogP contribution in [0, 0.1) is 0 Å². The summed E-state index contributed by atoms with van der Waals surface area (Å²) in [4.78, 5) is 29.8. The number of hydrogen-bond donors (Lipinski definition) is 0. The molecule has 4 rings (SSSR count). The van der Waals surface area contributed by atoms with Crippen LogP contribution in [0.1, 0.15) is 22.8 Å². The predicted octanol–water partition coefficient (Wildman–Crippen LogP) is 4.96. The van der Waals surface area contributed by atoms with Crippen LogP contribution in [0.2, 0.25) is 0 Å². The summed E-state index contributed by atoms with van der Waals surface area (Å²) in [6.45, 7) is 1.53. The molecule has 0 N–H and O–H groups in total. The number of hydrogen-bond acceptors (Lipinski definition) is 7. The molecule has 0 fully saturated rings. The second-order valence-corrected chi connectivity index (χ2v) is 8.60. The number of aromatic nitrogens is 2. The SMILES string of the molecule is COc1ccc(-n2c(SCc3cc(C(C)=O)ccc3OC)nc3ccsc3c2=O)cc1. The van der Waals surface area contributed by atoms with E-state index in [-0.39, 0.29) is 11.3 Å². The van der Waals surface area contributed by atoms with Crippen LogP contribution in [0.25, 0.3) is 15.9 Å². The van der Waals surface area contributed by atoms with Crippen molar-refractivity contribution in [1.29, 1.82) is 0 Å². The highest BCUT2D eigenvalue weighted by atomic mass is 32.2. The Balaban J connectivity index is 1.78. The summed E-state index contributed by atoms with van der Waals surface area (Å²) in [6.07, 6.45) is 0. The lowest BCUT2D eigenvalue weighted by Crippen LogP contribution is -2.20. The third kappa shape index (κ3) is 4.22. The summed E-state index contributed by atoms with van der Waals surface area (Å²) in [7, 11) is 3.20. The van der Waals surface area contributed by atoms with Gasteiger partial charge in [-0.3, -0.25) is 14.2 Å². The van der Waals surface area contributed by atoms with Crippen LogP contribution in [-0.4, -0.2) is 29.6 Å². The van der Waals surface area contributed by atoms with Crippen LogP contribution in [0.3, 0.4) is 0 Å². The van der Waals surface area contributed by atoms with Crippen molar-refractivity contribution in [3.05, 3.63) is 75.4 Å². The second kappa shape index (κ2) is 8.95. The molecule has 0 bridgehead atoms. The van der Waals surface area contributed by atoms with Crippen LogP contribution < -0.4 is 15.0 Å². The van der Waals surface area contributed by atoms with Gasteiger partial charge in [0.1, 0.15) is 16.2 Å². The summed E-state index contributed by atoms with van der Waals surface area (Å²) < 4.78 is 12.9. The molecule has 0 unspecified atom stereocenters. The highest BCUT2D eigenvalue weighted by Crippen LogP contribution is 2.30. The average molecular weight is 453 g/mol. The van der Waals surface area contributed by atoms with Crippen LogP contribution >= 0.6 is 23.1 Å². The Kier molecular flexibility index (Phi) is 6.11. The molecule has 31 heavy (non-hydrogen) atoms. The zero-order valence-electron chi connectivity index (χ0n) is 17.2. The van der Waals surface area contributed by atoms with Gasteiger partial charge in [-0.25, -0.2) is 4.98 Å². The summed E-state index contributed by atoms with van der Waals surface area (Å²) in [5, 5.41) is 2.43. The lowest BCUT2D eigenvalue weighted by Gasteiger charge is -2.14. The van der Waals surface area contributed by atoms with E-state index in [0.29, 0.717) is 43.9 Å². The van der Waals surface area contributed by atoms with Crippen molar-refractivity contribution in [1.82, 2.24) is 9.55 Å². The smallest absolute Gasteiger partial charge is 0.276 e. The topological polar surface area (TPSA) is 70.4 Å². The number of thiophene rings is 1. The number of Topliss-reactive ketones (excluding diaryl/α,β-unsaturated/α-hetero) is 1. The average Bonchev–Trinajstić information content (AvgIpc) is 3.26. The van der Waals surface area contributed by atoms with Crippen LogP contribution in [0.15, 0.2) is 63.9 Å². The van der Waals surface area contributed by atoms with Crippen LogP contribution in [0.4, 0.5) is 0 Å². The summed E-state index contributed by atoms with van der Waals surface area (Å²) >= 11 is 2.80. The van der Waals surface area contributed by atoms with E-state index in [1.54, 1.807) is 30.9 Å². The monoisotopic (exact) mass is 452 g/mol. The molecule has 0 amide bonds. The lowest BCUT2D eigenvalue weighted by atomic mass is 10.1. The fraction of sp³-hybridized carbons (Fsp3) is 0.174. The Hall–Kier alpha value is -3.10. The minimum absolute atomic E-state index is 0.0122. The van der Waals surface area contributed by atoms with E-state index in [1.807, 2.05) is 41.8 Å². The van der Waals surface area contributed by atoms with Crippen molar-refractivity contribution in [3.63, 3.8) is 0 Å². The van der Waals surface area contributed by atoms with E-state index in [4.69, 9.17) is 14.5 Å². The maximum absolute atomic E-state index is 13.3. The number of benzene rings is 2. The third-order valence-corrected chi connectivity index (χ3v) is 6.70. The zero-order chi connectivity index (χ0) is 22.0. The Morgan fingerprint density at radius 3 is 2.55 bits per heavy atom. The largest absolute Gasteiger partial charge is 0.497 e. The van der Waals surface area contributed by atoms with E-state index in [1.165, 1.54) is 30.0 Å². The van der Waals surface area contributed by atoms with E-state index >= 15 is 0 Å². The molecule has 4 aromatic rings. The summed E-state index contributed by atoms with van der Waals surface area (Å²) in [5.74, 6) is 1.87. The van der Waals surface area contributed by atoms with Gasteiger partial charge >= 0.3 is 0 Å². The number of fused-ring (bicyclic) bond motifs is 1. The second-order valence-electron chi connectivity index (χ2n) is 6.74. The molecule has 0 saturated carbocycles. The fourth-order valence-electron chi connectivity index (χ4n) is 3.20. The first-order chi connectivity index (χ1) is 15.0. The summed E-state index contributed by atoms with van der Waals surface area (Å²) in [5.41, 5.74) is 2.75. The molecule has 0 atom stereocenters. The number of carbonyl (C=O) groups excluding carboxylic acids is 1. The fourth-order valence-corrected chi connectivity index (χ4v) is 4.95. The van der Waals surface area contributed by atoms with Gasteiger partial charge in [0.25, 0.3) is 5.56 Å². The first-order valence-corrected chi connectivity index (χ1v) is 11.3. The summed E-state index contributed by atoms with van der Waals surface area (Å²) in [6, 6.07) is 14.5. The number of thioether (sulfide) groups is 1.